The zero-order valence-electron chi connectivity index (χ0n) is 11.8. The Kier molecular flexibility index (Phi) is 5.38. The number of hydrogen-bond acceptors (Lipinski definition) is 5. The molecular formula is C13H20N2O4S. The van der Waals surface area contributed by atoms with Gasteiger partial charge < -0.3 is 15.8 Å². The molecule has 0 heterocycles. The molecule has 112 valence electrons. The Hall–Kier alpha value is -1.76. The Morgan fingerprint density at radius 3 is 2.60 bits per heavy atom. The standard InChI is InChI=1S/C13H20N2O4S/c1-4-9(2)20(17,18)8-13(16)15-12-6-5-10(19-3)7-11(12)14/h5-7,9H,4,8,14H2,1-3H3,(H,15,16). The van der Waals surface area contributed by atoms with Crippen LogP contribution in [0.1, 0.15) is 20.3 Å². The van der Waals surface area contributed by atoms with Gasteiger partial charge in [0.15, 0.2) is 9.84 Å². The molecule has 0 fully saturated rings. The summed E-state index contributed by atoms with van der Waals surface area (Å²) in [7, 11) is -1.93. The van der Waals surface area contributed by atoms with Crippen molar-refractivity contribution in [3.05, 3.63) is 18.2 Å². The number of nitrogen functional groups attached to an aromatic ring is 1. The average Bonchev–Trinajstić information content (AvgIpc) is 2.39. The largest absolute Gasteiger partial charge is 0.497 e. The molecule has 0 aliphatic carbocycles. The quantitative estimate of drug-likeness (QED) is 0.774. The van der Waals surface area contributed by atoms with Crippen molar-refractivity contribution in [2.75, 3.05) is 23.9 Å². The second kappa shape index (κ2) is 6.60. The number of sulfone groups is 1. The fourth-order valence-electron chi connectivity index (χ4n) is 1.55. The predicted octanol–water partition coefficient (Wildman–Crippen LogP) is 1.43. The van der Waals surface area contributed by atoms with E-state index in [4.69, 9.17) is 10.5 Å². The first-order valence-electron chi connectivity index (χ1n) is 6.25. The lowest BCUT2D eigenvalue weighted by Gasteiger charge is -2.12. The number of rotatable bonds is 6. The highest BCUT2D eigenvalue weighted by Gasteiger charge is 2.23. The van der Waals surface area contributed by atoms with Crippen molar-refractivity contribution in [3.8, 4) is 5.75 Å². The smallest absolute Gasteiger partial charge is 0.239 e. The van der Waals surface area contributed by atoms with Gasteiger partial charge >= 0.3 is 0 Å². The van der Waals surface area contributed by atoms with Crippen LogP contribution in [0.15, 0.2) is 18.2 Å². The fraction of sp³-hybridized carbons (Fsp3) is 0.462. The molecule has 0 saturated heterocycles. The molecule has 1 amide bonds. The zero-order valence-corrected chi connectivity index (χ0v) is 12.7. The number of hydrogen-bond donors (Lipinski definition) is 2. The van der Waals surface area contributed by atoms with Crippen molar-refractivity contribution in [2.45, 2.75) is 25.5 Å². The van der Waals surface area contributed by atoms with E-state index in [1.807, 2.05) is 0 Å². The van der Waals surface area contributed by atoms with Crippen molar-refractivity contribution in [2.24, 2.45) is 0 Å². The first kappa shape index (κ1) is 16.3. The minimum Gasteiger partial charge on any atom is -0.497 e. The molecule has 1 aromatic carbocycles. The number of carbonyl (C=O) groups excluding carboxylic acids is 1. The maximum absolute atomic E-state index is 11.8. The summed E-state index contributed by atoms with van der Waals surface area (Å²) < 4.78 is 28.7. The Balaban J connectivity index is 2.77. The highest BCUT2D eigenvalue weighted by Crippen LogP contribution is 2.24. The highest BCUT2D eigenvalue weighted by molar-refractivity contribution is 7.92. The number of carbonyl (C=O) groups is 1. The maximum Gasteiger partial charge on any atom is 0.239 e. The van der Waals surface area contributed by atoms with E-state index in [1.165, 1.54) is 7.11 Å². The molecule has 1 aromatic rings. The van der Waals surface area contributed by atoms with Gasteiger partial charge in [0.05, 0.1) is 23.7 Å². The lowest BCUT2D eigenvalue weighted by molar-refractivity contribution is -0.113. The van der Waals surface area contributed by atoms with E-state index in [0.29, 0.717) is 23.5 Å². The molecule has 0 saturated carbocycles. The van der Waals surface area contributed by atoms with Crippen molar-refractivity contribution in [3.63, 3.8) is 0 Å². The summed E-state index contributed by atoms with van der Waals surface area (Å²) >= 11 is 0. The molecular weight excluding hydrogens is 280 g/mol. The molecule has 0 aromatic heterocycles. The summed E-state index contributed by atoms with van der Waals surface area (Å²) in [6.45, 7) is 3.35. The molecule has 7 heteroatoms. The van der Waals surface area contributed by atoms with Gasteiger partial charge in [0.1, 0.15) is 11.5 Å². The monoisotopic (exact) mass is 300 g/mol. The minimum atomic E-state index is -3.43. The fourth-order valence-corrected chi connectivity index (χ4v) is 2.78. The SMILES string of the molecule is CCC(C)S(=O)(=O)CC(=O)Nc1ccc(OC)cc1N. The molecule has 1 unspecified atom stereocenters. The van der Waals surface area contributed by atoms with Gasteiger partial charge in [0, 0.05) is 6.07 Å². The third-order valence-corrected chi connectivity index (χ3v) is 5.28. The van der Waals surface area contributed by atoms with E-state index in [-0.39, 0.29) is 0 Å². The van der Waals surface area contributed by atoms with Gasteiger partial charge in [-0.3, -0.25) is 4.79 Å². The molecule has 1 rings (SSSR count). The summed E-state index contributed by atoms with van der Waals surface area (Å²) in [4.78, 5) is 11.8. The molecule has 20 heavy (non-hydrogen) atoms. The minimum absolute atomic E-state index is 0.318. The van der Waals surface area contributed by atoms with Crippen LogP contribution in [-0.2, 0) is 14.6 Å². The number of amides is 1. The van der Waals surface area contributed by atoms with Gasteiger partial charge in [-0.2, -0.15) is 0 Å². The van der Waals surface area contributed by atoms with E-state index in [1.54, 1.807) is 32.0 Å². The summed E-state index contributed by atoms with van der Waals surface area (Å²) in [5, 5.41) is 1.96. The van der Waals surface area contributed by atoms with E-state index in [2.05, 4.69) is 5.32 Å². The zero-order chi connectivity index (χ0) is 15.3. The number of anilines is 2. The van der Waals surface area contributed by atoms with Gasteiger partial charge in [-0.15, -0.1) is 0 Å². The molecule has 0 spiro atoms. The summed E-state index contributed by atoms with van der Waals surface area (Å²) in [5.74, 6) is -0.581. The third kappa shape index (κ3) is 4.12. The number of methoxy groups -OCH3 is 1. The topological polar surface area (TPSA) is 98.5 Å². The van der Waals surface area contributed by atoms with Gasteiger partial charge in [-0.25, -0.2) is 8.42 Å². The number of nitrogens with one attached hydrogen (secondary N) is 1. The van der Waals surface area contributed by atoms with E-state index in [0.717, 1.165) is 0 Å². The summed E-state index contributed by atoms with van der Waals surface area (Å²) in [6, 6.07) is 4.76. The molecule has 0 aliphatic heterocycles. The van der Waals surface area contributed by atoms with Crippen molar-refractivity contribution in [1.82, 2.24) is 0 Å². The second-order valence-corrected chi connectivity index (χ2v) is 6.95. The second-order valence-electron chi connectivity index (χ2n) is 4.53. The molecule has 3 N–H and O–H groups in total. The molecule has 1 atom stereocenters. The van der Waals surface area contributed by atoms with Crippen LogP contribution in [0.4, 0.5) is 11.4 Å². The van der Waals surface area contributed by atoms with Crippen LogP contribution in [0.5, 0.6) is 5.75 Å². The summed E-state index contributed by atoms with van der Waals surface area (Å²) in [5.41, 5.74) is 6.44. The lowest BCUT2D eigenvalue weighted by atomic mass is 10.2. The number of benzene rings is 1. The van der Waals surface area contributed by atoms with Gasteiger partial charge in [0.25, 0.3) is 0 Å². The van der Waals surface area contributed by atoms with Crippen LogP contribution in [-0.4, -0.2) is 32.4 Å². The van der Waals surface area contributed by atoms with E-state index < -0.39 is 26.7 Å². The van der Waals surface area contributed by atoms with Gasteiger partial charge in [0.2, 0.25) is 5.91 Å². The van der Waals surface area contributed by atoms with Crippen molar-refractivity contribution >= 4 is 27.1 Å². The van der Waals surface area contributed by atoms with Crippen molar-refractivity contribution in [1.29, 1.82) is 0 Å². The van der Waals surface area contributed by atoms with Crippen molar-refractivity contribution < 1.29 is 17.9 Å². The maximum atomic E-state index is 11.8. The normalized spacial score (nSPS) is 12.8. The Bertz CT molecular complexity index is 584. The number of ether oxygens (including phenoxy) is 1. The first-order valence-corrected chi connectivity index (χ1v) is 7.96. The van der Waals surface area contributed by atoms with Crippen LogP contribution in [0.2, 0.25) is 0 Å². The van der Waals surface area contributed by atoms with Crippen LogP contribution in [0.25, 0.3) is 0 Å². The molecule has 0 radical (unpaired) electrons. The van der Waals surface area contributed by atoms with Gasteiger partial charge in [-0.05, 0) is 25.5 Å². The highest BCUT2D eigenvalue weighted by atomic mass is 32.2. The Morgan fingerprint density at radius 1 is 1.45 bits per heavy atom. The van der Waals surface area contributed by atoms with Crippen LogP contribution in [0.3, 0.4) is 0 Å². The molecule has 0 aliphatic rings. The molecule has 6 nitrogen and oxygen atoms in total. The predicted molar refractivity (Wildman–Crippen MR) is 79.6 cm³/mol. The van der Waals surface area contributed by atoms with Crippen LogP contribution < -0.4 is 15.8 Å². The van der Waals surface area contributed by atoms with E-state index >= 15 is 0 Å². The van der Waals surface area contributed by atoms with Gasteiger partial charge in [-0.1, -0.05) is 6.92 Å². The first-order chi connectivity index (χ1) is 9.30. The lowest BCUT2D eigenvalue weighted by Crippen LogP contribution is -2.29. The summed E-state index contributed by atoms with van der Waals surface area (Å²) in [6.07, 6.45) is 0.473. The third-order valence-electron chi connectivity index (χ3n) is 3.05. The number of nitrogens with two attached hydrogens (primary N) is 1. The van der Waals surface area contributed by atoms with E-state index in [9.17, 15) is 13.2 Å². The van der Waals surface area contributed by atoms with Crippen LogP contribution in [0, 0.1) is 0 Å². The average molecular weight is 300 g/mol. The van der Waals surface area contributed by atoms with Crippen LogP contribution >= 0.6 is 0 Å². The molecule has 0 bridgehead atoms. The Labute approximate surface area is 119 Å². The Morgan fingerprint density at radius 2 is 2.10 bits per heavy atom.